The van der Waals surface area contributed by atoms with E-state index >= 15 is 0 Å². The fraction of sp³-hybridized carbons (Fsp3) is 0.700. The third-order valence-corrected chi connectivity index (χ3v) is 2.15. The topological polar surface area (TPSA) is 38.0 Å². The number of nitrogens with zero attached hydrogens (tertiary/aromatic N) is 2. The van der Waals surface area contributed by atoms with Crippen molar-refractivity contribution in [2.75, 3.05) is 6.67 Å². The van der Waals surface area contributed by atoms with Gasteiger partial charge in [0, 0.05) is 5.69 Å². The molecule has 14 heavy (non-hydrogen) atoms. The molecule has 0 amide bonds. The first-order valence-electron chi connectivity index (χ1n) is 4.83. The summed E-state index contributed by atoms with van der Waals surface area (Å²) in [5.41, 5.74) is 1.94. The summed E-state index contributed by atoms with van der Waals surface area (Å²) in [6, 6.07) is 1.97. The van der Waals surface area contributed by atoms with E-state index in [2.05, 4.69) is 18.9 Å². The van der Waals surface area contributed by atoms with Gasteiger partial charge in [-0.1, -0.05) is 13.8 Å². The maximum atomic E-state index is 12.1. The molecule has 0 spiro atoms. The van der Waals surface area contributed by atoms with E-state index in [0.29, 0.717) is 5.92 Å². The van der Waals surface area contributed by atoms with Gasteiger partial charge in [-0.2, -0.15) is 5.10 Å². The molecule has 0 aliphatic carbocycles. The largest absolute Gasteiger partial charge is 0.388 e. The van der Waals surface area contributed by atoms with Crippen LogP contribution in [-0.2, 0) is 6.54 Å². The normalized spacial score (nSPS) is 13.6. The summed E-state index contributed by atoms with van der Waals surface area (Å²) in [6.45, 7) is 5.52. The molecule has 1 aromatic heterocycles. The third kappa shape index (κ3) is 2.54. The van der Waals surface area contributed by atoms with Crippen molar-refractivity contribution in [3.63, 3.8) is 0 Å². The van der Waals surface area contributed by atoms with Gasteiger partial charge in [0.05, 0.1) is 12.2 Å². The first-order chi connectivity index (χ1) is 6.54. The number of aryl methyl sites for hydroxylation is 1. The summed E-state index contributed by atoms with van der Waals surface area (Å²) in [5.74, 6) is 0.359. The average molecular weight is 200 g/mol. The molecule has 0 aromatic carbocycles. The third-order valence-electron chi connectivity index (χ3n) is 2.15. The van der Waals surface area contributed by atoms with E-state index in [-0.39, 0.29) is 6.54 Å². The smallest absolute Gasteiger partial charge is 0.117 e. The second-order valence-electron chi connectivity index (χ2n) is 3.86. The summed E-state index contributed by atoms with van der Waals surface area (Å²) >= 11 is 0. The van der Waals surface area contributed by atoms with Gasteiger partial charge in [0.25, 0.3) is 0 Å². The SMILES string of the molecule is Cc1cc(C(C)C)nn1CC(O)CF. The Morgan fingerprint density at radius 1 is 1.57 bits per heavy atom. The highest BCUT2D eigenvalue weighted by Gasteiger charge is 2.10. The van der Waals surface area contributed by atoms with Crippen LogP contribution in [0.1, 0.15) is 31.2 Å². The van der Waals surface area contributed by atoms with Crippen LogP contribution in [0.25, 0.3) is 0 Å². The van der Waals surface area contributed by atoms with E-state index in [0.717, 1.165) is 11.4 Å². The highest BCUT2D eigenvalue weighted by atomic mass is 19.1. The maximum absolute atomic E-state index is 12.1. The van der Waals surface area contributed by atoms with E-state index in [4.69, 9.17) is 5.11 Å². The first-order valence-corrected chi connectivity index (χ1v) is 4.83. The molecule has 0 saturated carbocycles. The Hall–Kier alpha value is -0.900. The molecule has 0 radical (unpaired) electrons. The van der Waals surface area contributed by atoms with Gasteiger partial charge in [-0.25, -0.2) is 4.39 Å². The van der Waals surface area contributed by atoms with E-state index in [1.165, 1.54) is 0 Å². The van der Waals surface area contributed by atoms with Crippen LogP contribution in [0.3, 0.4) is 0 Å². The van der Waals surface area contributed by atoms with Gasteiger partial charge < -0.3 is 5.11 Å². The van der Waals surface area contributed by atoms with Crippen molar-refractivity contribution in [3.05, 3.63) is 17.5 Å². The van der Waals surface area contributed by atoms with Gasteiger partial charge in [-0.05, 0) is 18.9 Å². The molecule has 1 atom stereocenters. The predicted molar refractivity (Wildman–Crippen MR) is 53.0 cm³/mol. The molecule has 0 saturated heterocycles. The summed E-state index contributed by atoms with van der Waals surface area (Å²) < 4.78 is 13.7. The lowest BCUT2D eigenvalue weighted by atomic mass is 10.1. The molecule has 1 N–H and O–H groups in total. The molecule has 1 rings (SSSR count). The Morgan fingerprint density at radius 2 is 2.21 bits per heavy atom. The zero-order valence-electron chi connectivity index (χ0n) is 8.87. The lowest BCUT2D eigenvalue weighted by Crippen LogP contribution is -2.19. The summed E-state index contributed by atoms with van der Waals surface area (Å²) in [4.78, 5) is 0. The lowest BCUT2D eigenvalue weighted by Gasteiger charge is -2.07. The first kappa shape index (κ1) is 11.2. The van der Waals surface area contributed by atoms with Crippen molar-refractivity contribution in [2.24, 2.45) is 0 Å². The van der Waals surface area contributed by atoms with Crippen LogP contribution in [0.5, 0.6) is 0 Å². The second kappa shape index (κ2) is 4.55. The minimum absolute atomic E-state index is 0.231. The maximum Gasteiger partial charge on any atom is 0.117 e. The van der Waals surface area contributed by atoms with Gasteiger partial charge in [0.15, 0.2) is 0 Å². The second-order valence-corrected chi connectivity index (χ2v) is 3.86. The highest BCUT2D eigenvalue weighted by Crippen LogP contribution is 2.14. The van der Waals surface area contributed by atoms with Crippen LogP contribution >= 0.6 is 0 Å². The van der Waals surface area contributed by atoms with Crippen LogP contribution in [-0.4, -0.2) is 27.7 Å². The molecule has 1 aromatic rings. The summed E-state index contributed by atoms with van der Waals surface area (Å²) in [6.07, 6.45) is -0.950. The van der Waals surface area contributed by atoms with Crippen LogP contribution in [0.15, 0.2) is 6.07 Å². The number of rotatable bonds is 4. The molecule has 3 nitrogen and oxygen atoms in total. The molecule has 80 valence electrons. The highest BCUT2D eigenvalue weighted by molar-refractivity contribution is 5.11. The van der Waals surface area contributed by atoms with Crippen molar-refractivity contribution in [3.8, 4) is 0 Å². The van der Waals surface area contributed by atoms with Crippen LogP contribution in [0, 0.1) is 6.92 Å². The quantitative estimate of drug-likeness (QED) is 0.802. The van der Waals surface area contributed by atoms with E-state index in [9.17, 15) is 4.39 Å². The number of alkyl halides is 1. The van der Waals surface area contributed by atoms with Crippen molar-refractivity contribution >= 4 is 0 Å². The number of aliphatic hydroxyl groups excluding tert-OH is 1. The van der Waals surface area contributed by atoms with Crippen molar-refractivity contribution in [1.82, 2.24) is 9.78 Å². The van der Waals surface area contributed by atoms with Gasteiger partial charge in [-0.3, -0.25) is 4.68 Å². The molecule has 0 aliphatic rings. The standard InChI is InChI=1S/C10H17FN2O/c1-7(2)10-4-8(3)13(12-10)6-9(14)5-11/h4,7,9,14H,5-6H2,1-3H3. The van der Waals surface area contributed by atoms with Crippen molar-refractivity contribution in [1.29, 1.82) is 0 Å². The fourth-order valence-electron chi connectivity index (χ4n) is 1.25. The molecule has 0 bridgehead atoms. The van der Waals surface area contributed by atoms with Gasteiger partial charge >= 0.3 is 0 Å². The molecular weight excluding hydrogens is 183 g/mol. The Bertz CT molecular complexity index is 296. The van der Waals surface area contributed by atoms with Gasteiger partial charge in [0.1, 0.15) is 12.8 Å². The van der Waals surface area contributed by atoms with Crippen LogP contribution in [0.4, 0.5) is 4.39 Å². The average Bonchev–Trinajstić information content (AvgIpc) is 2.48. The number of aliphatic hydroxyl groups is 1. The summed E-state index contributed by atoms with van der Waals surface area (Å²) in [7, 11) is 0. The molecule has 1 unspecified atom stereocenters. The molecule has 0 aliphatic heterocycles. The van der Waals surface area contributed by atoms with Gasteiger partial charge in [-0.15, -0.1) is 0 Å². The Balaban J connectivity index is 2.77. The number of hydrogen-bond acceptors (Lipinski definition) is 2. The Morgan fingerprint density at radius 3 is 2.64 bits per heavy atom. The lowest BCUT2D eigenvalue weighted by molar-refractivity contribution is 0.117. The van der Waals surface area contributed by atoms with Crippen LogP contribution < -0.4 is 0 Å². The monoisotopic (exact) mass is 200 g/mol. The van der Waals surface area contributed by atoms with E-state index in [1.807, 2.05) is 13.0 Å². The number of halogens is 1. The van der Waals surface area contributed by atoms with Crippen molar-refractivity contribution in [2.45, 2.75) is 39.3 Å². The molecule has 0 fully saturated rings. The predicted octanol–water partition coefficient (Wildman–Crippen LogP) is 1.65. The van der Waals surface area contributed by atoms with E-state index in [1.54, 1.807) is 4.68 Å². The minimum atomic E-state index is -0.950. The van der Waals surface area contributed by atoms with Gasteiger partial charge in [0.2, 0.25) is 0 Å². The van der Waals surface area contributed by atoms with Crippen LogP contribution in [0.2, 0.25) is 0 Å². The van der Waals surface area contributed by atoms with Crippen molar-refractivity contribution < 1.29 is 9.50 Å². The molecule has 4 heteroatoms. The number of aromatic nitrogens is 2. The number of hydrogen-bond donors (Lipinski definition) is 1. The molecular formula is C10H17FN2O. The molecule has 1 heterocycles. The zero-order chi connectivity index (χ0) is 10.7. The Kier molecular flexibility index (Phi) is 3.63. The Labute approximate surface area is 83.6 Å². The fourth-order valence-corrected chi connectivity index (χ4v) is 1.25. The minimum Gasteiger partial charge on any atom is -0.388 e. The van der Waals surface area contributed by atoms with E-state index < -0.39 is 12.8 Å². The summed E-state index contributed by atoms with van der Waals surface area (Å²) in [5, 5.41) is 13.4. The zero-order valence-corrected chi connectivity index (χ0v) is 8.87.